The lowest BCUT2D eigenvalue weighted by Gasteiger charge is -2.18. The molecule has 8 nitrogen and oxygen atoms in total. The second kappa shape index (κ2) is 8.68. The number of anilines is 3. The highest BCUT2D eigenvalue weighted by Gasteiger charge is 2.18. The molecule has 0 aliphatic rings. The van der Waals surface area contributed by atoms with Crippen molar-refractivity contribution in [2.45, 2.75) is 38.2 Å². The summed E-state index contributed by atoms with van der Waals surface area (Å²) in [5.41, 5.74) is 2.90. The first-order valence-electron chi connectivity index (χ1n) is 9.89. The minimum absolute atomic E-state index is 0.191. The Hall–Kier alpha value is -3.30. The van der Waals surface area contributed by atoms with Crippen molar-refractivity contribution >= 4 is 32.9 Å². The summed E-state index contributed by atoms with van der Waals surface area (Å²) in [6.45, 7) is 6.61. The molecule has 0 aliphatic carbocycles. The van der Waals surface area contributed by atoms with Crippen LogP contribution in [0.4, 0.5) is 17.2 Å². The first-order valence-corrected chi connectivity index (χ1v) is 11.8. The Morgan fingerprint density at radius 3 is 2.31 bits per heavy atom. The third-order valence-corrected chi connectivity index (χ3v) is 5.97. The van der Waals surface area contributed by atoms with E-state index in [0.717, 1.165) is 11.8 Å². The highest BCUT2D eigenvalue weighted by Crippen LogP contribution is 2.33. The van der Waals surface area contributed by atoms with Crippen molar-refractivity contribution in [3.05, 3.63) is 59.9 Å². The molecular formula is C23H26N4O4S. The third kappa shape index (κ3) is 5.49. The number of aliphatic hydroxyl groups is 1. The highest BCUT2D eigenvalue weighted by atomic mass is 32.2. The molecular weight excluding hydrogens is 428 g/mol. The zero-order chi connectivity index (χ0) is 23.7. The van der Waals surface area contributed by atoms with Crippen LogP contribution in [0.5, 0.6) is 0 Å². The molecule has 0 radical (unpaired) electrons. The predicted octanol–water partition coefficient (Wildman–Crippen LogP) is 3.78. The Morgan fingerprint density at radius 2 is 1.75 bits per heavy atom. The molecule has 0 aliphatic heterocycles. The molecule has 168 valence electrons. The van der Waals surface area contributed by atoms with Crippen LogP contribution in [0.1, 0.15) is 31.9 Å². The number of aryl methyl sites for hydroxylation is 1. The average molecular weight is 455 g/mol. The maximum atomic E-state index is 12.0. The zero-order valence-electron chi connectivity index (χ0n) is 18.6. The van der Waals surface area contributed by atoms with Gasteiger partial charge in [-0.15, -0.1) is 0 Å². The van der Waals surface area contributed by atoms with Gasteiger partial charge in [0.2, 0.25) is 5.91 Å². The number of carbonyl (C=O) groups excluding carboxylic acids is 1. The molecule has 0 saturated heterocycles. The Labute approximate surface area is 187 Å². The molecule has 0 bridgehead atoms. The summed E-state index contributed by atoms with van der Waals surface area (Å²) in [7, 11) is -3.38. The molecule has 0 atom stereocenters. The van der Waals surface area contributed by atoms with E-state index in [1.54, 1.807) is 62.6 Å². The SMILES string of the molecule is CC(=O)Nc1cc(Nc2cc(S(C)(=O)=O)ccc2C)c(-c2ccc(C(C)(C)O)cn2)cn1. The average Bonchev–Trinajstić information content (AvgIpc) is 2.68. The summed E-state index contributed by atoms with van der Waals surface area (Å²) in [5.74, 6) is 0.0768. The van der Waals surface area contributed by atoms with Crippen molar-refractivity contribution < 1.29 is 18.3 Å². The van der Waals surface area contributed by atoms with Gasteiger partial charge < -0.3 is 15.7 Å². The van der Waals surface area contributed by atoms with Crippen LogP contribution in [-0.2, 0) is 20.2 Å². The van der Waals surface area contributed by atoms with Gasteiger partial charge in [-0.3, -0.25) is 9.78 Å². The Kier molecular flexibility index (Phi) is 6.34. The van der Waals surface area contributed by atoms with E-state index in [1.165, 1.54) is 6.92 Å². The van der Waals surface area contributed by atoms with Crippen molar-refractivity contribution in [1.82, 2.24) is 9.97 Å². The molecule has 0 fully saturated rings. The van der Waals surface area contributed by atoms with Gasteiger partial charge in [-0.2, -0.15) is 0 Å². The van der Waals surface area contributed by atoms with E-state index in [0.29, 0.717) is 34.0 Å². The van der Waals surface area contributed by atoms with Gasteiger partial charge in [0.25, 0.3) is 0 Å². The van der Waals surface area contributed by atoms with Gasteiger partial charge in [0, 0.05) is 48.5 Å². The van der Waals surface area contributed by atoms with E-state index in [-0.39, 0.29) is 10.8 Å². The van der Waals surface area contributed by atoms with Gasteiger partial charge in [0.05, 0.1) is 21.9 Å². The van der Waals surface area contributed by atoms with Gasteiger partial charge in [-0.05, 0) is 44.5 Å². The van der Waals surface area contributed by atoms with Crippen LogP contribution in [0.2, 0.25) is 0 Å². The molecule has 1 aromatic carbocycles. The van der Waals surface area contributed by atoms with Gasteiger partial charge >= 0.3 is 0 Å². The predicted molar refractivity (Wildman–Crippen MR) is 125 cm³/mol. The van der Waals surface area contributed by atoms with Gasteiger partial charge in [-0.25, -0.2) is 13.4 Å². The smallest absolute Gasteiger partial charge is 0.222 e. The zero-order valence-corrected chi connectivity index (χ0v) is 19.4. The quantitative estimate of drug-likeness (QED) is 0.518. The largest absolute Gasteiger partial charge is 0.386 e. The number of nitrogens with one attached hydrogen (secondary N) is 2. The number of sulfone groups is 1. The first kappa shape index (κ1) is 23.4. The van der Waals surface area contributed by atoms with Crippen molar-refractivity contribution in [1.29, 1.82) is 0 Å². The minimum atomic E-state index is -3.38. The molecule has 1 amide bonds. The first-order chi connectivity index (χ1) is 14.8. The summed E-state index contributed by atoms with van der Waals surface area (Å²) in [6.07, 6.45) is 4.33. The number of hydrogen-bond donors (Lipinski definition) is 3. The number of aromatic nitrogens is 2. The number of carbonyl (C=O) groups is 1. The molecule has 9 heteroatoms. The summed E-state index contributed by atoms with van der Waals surface area (Å²) in [6, 6.07) is 10.1. The Bertz CT molecular complexity index is 1260. The lowest BCUT2D eigenvalue weighted by molar-refractivity contribution is -0.114. The molecule has 0 spiro atoms. The molecule has 3 aromatic rings. The van der Waals surface area contributed by atoms with Crippen molar-refractivity contribution in [2.24, 2.45) is 0 Å². The summed E-state index contributed by atoms with van der Waals surface area (Å²) >= 11 is 0. The van der Waals surface area contributed by atoms with E-state index in [4.69, 9.17) is 0 Å². The van der Waals surface area contributed by atoms with Gasteiger partial charge in [0.15, 0.2) is 9.84 Å². The molecule has 32 heavy (non-hydrogen) atoms. The van der Waals surface area contributed by atoms with Crippen molar-refractivity contribution in [2.75, 3.05) is 16.9 Å². The second-order valence-corrected chi connectivity index (χ2v) is 10.2. The molecule has 2 aromatic heterocycles. The van der Waals surface area contributed by atoms with Crippen LogP contribution in [0.3, 0.4) is 0 Å². The van der Waals surface area contributed by atoms with Crippen LogP contribution in [0.25, 0.3) is 11.3 Å². The van der Waals surface area contributed by atoms with Crippen LogP contribution < -0.4 is 10.6 Å². The molecule has 0 unspecified atom stereocenters. The number of amides is 1. The molecule has 2 heterocycles. The summed E-state index contributed by atoms with van der Waals surface area (Å²) < 4.78 is 24.0. The van der Waals surface area contributed by atoms with Crippen LogP contribution in [0.15, 0.2) is 53.7 Å². The lowest BCUT2D eigenvalue weighted by Crippen LogP contribution is -2.15. The maximum absolute atomic E-state index is 12.0. The fourth-order valence-corrected chi connectivity index (χ4v) is 3.69. The molecule has 3 N–H and O–H groups in total. The van der Waals surface area contributed by atoms with E-state index in [9.17, 15) is 18.3 Å². The minimum Gasteiger partial charge on any atom is -0.386 e. The number of hydrogen-bond acceptors (Lipinski definition) is 7. The van der Waals surface area contributed by atoms with Gasteiger partial charge in [-0.1, -0.05) is 12.1 Å². The fraction of sp³-hybridized carbons (Fsp3) is 0.261. The van der Waals surface area contributed by atoms with Crippen molar-refractivity contribution in [3.8, 4) is 11.3 Å². The third-order valence-electron chi connectivity index (χ3n) is 4.86. The van der Waals surface area contributed by atoms with E-state index < -0.39 is 15.4 Å². The Balaban J connectivity index is 2.10. The van der Waals surface area contributed by atoms with Crippen LogP contribution >= 0.6 is 0 Å². The molecule has 0 saturated carbocycles. The fourth-order valence-electron chi connectivity index (χ4n) is 3.04. The standard InChI is InChI=1S/C23H26N4O4S/c1-14-6-8-17(32(5,30)31)10-20(14)27-21-11-22(26-15(2)28)25-13-18(21)19-9-7-16(12-24-19)23(3,4)29/h6-13,29H,1-5H3,(H2,25,26,27,28). The highest BCUT2D eigenvalue weighted by molar-refractivity contribution is 7.90. The number of rotatable bonds is 6. The topological polar surface area (TPSA) is 121 Å². The maximum Gasteiger partial charge on any atom is 0.222 e. The van der Waals surface area contributed by atoms with Crippen molar-refractivity contribution in [3.63, 3.8) is 0 Å². The van der Waals surface area contributed by atoms with Crippen LogP contribution in [0, 0.1) is 6.92 Å². The lowest BCUT2D eigenvalue weighted by atomic mass is 9.99. The number of pyridine rings is 2. The normalized spacial score (nSPS) is 11.8. The second-order valence-electron chi connectivity index (χ2n) is 8.16. The van der Waals surface area contributed by atoms with E-state index in [2.05, 4.69) is 20.6 Å². The van der Waals surface area contributed by atoms with Gasteiger partial charge in [0.1, 0.15) is 5.82 Å². The summed E-state index contributed by atoms with van der Waals surface area (Å²) in [4.78, 5) is 20.4. The molecule has 3 rings (SSSR count). The number of benzene rings is 1. The Morgan fingerprint density at radius 1 is 1.03 bits per heavy atom. The number of nitrogens with zero attached hydrogens (tertiary/aromatic N) is 2. The van der Waals surface area contributed by atoms with E-state index in [1.807, 2.05) is 6.92 Å². The monoisotopic (exact) mass is 454 g/mol. The van der Waals surface area contributed by atoms with Crippen LogP contribution in [-0.4, -0.2) is 35.7 Å². The van der Waals surface area contributed by atoms with E-state index >= 15 is 0 Å². The summed E-state index contributed by atoms with van der Waals surface area (Å²) in [5, 5.41) is 16.1.